The Morgan fingerprint density at radius 2 is 1.83 bits per heavy atom. The van der Waals surface area contributed by atoms with Gasteiger partial charge in [-0.05, 0) is 32.0 Å². The van der Waals surface area contributed by atoms with Gasteiger partial charge in [-0.15, -0.1) is 0 Å². The standard InChI is InChI=1S/C11H15ClN2O3S/c1-3-14(4-2)11(15)8-5-9(12)7-10(6-8)18(13,16)17/h5-7H,3-4H2,1-2H3,(H2,13,16,17). The van der Waals surface area contributed by atoms with Crippen molar-refractivity contribution in [3.05, 3.63) is 28.8 Å². The predicted molar refractivity (Wildman–Crippen MR) is 70.1 cm³/mol. The number of benzene rings is 1. The third-order valence-electron chi connectivity index (χ3n) is 2.50. The normalized spacial score (nSPS) is 11.3. The first kappa shape index (κ1) is 14.9. The van der Waals surface area contributed by atoms with Crippen molar-refractivity contribution in [3.63, 3.8) is 0 Å². The molecule has 0 aliphatic carbocycles. The number of amides is 1. The molecule has 0 aromatic heterocycles. The molecule has 1 rings (SSSR count). The van der Waals surface area contributed by atoms with Crippen LogP contribution >= 0.6 is 11.6 Å². The molecule has 7 heteroatoms. The van der Waals surface area contributed by atoms with E-state index in [0.717, 1.165) is 0 Å². The monoisotopic (exact) mass is 290 g/mol. The molecular formula is C11H15ClN2O3S. The Morgan fingerprint density at radius 1 is 1.28 bits per heavy atom. The highest BCUT2D eigenvalue weighted by Crippen LogP contribution is 2.19. The van der Waals surface area contributed by atoms with E-state index in [0.29, 0.717) is 13.1 Å². The van der Waals surface area contributed by atoms with E-state index in [-0.39, 0.29) is 21.4 Å². The lowest BCUT2D eigenvalue weighted by molar-refractivity contribution is 0.0772. The first-order chi connectivity index (χ1) is 8.29. The molecule has 0 saturated heterocycles. The largest absolute Gasteiger partial charge is 0.339 e. The number of halogens is 1. The second-order valence-electron chi connectivity index (χ2n) is 3.70. The summed E-state index contributed by atoms with van der Waals surface area (Å²) >= 11 is 5.80. The second-order valence-corrected chi connectivity index (χ2v) is 5.70. The van der Waals surface area contributed by atoms with Crippen molar-refractivity contribution < 1.29 is 13.2 Å². The van der Waals surface area contributed by atoms with Gasteiger partial charge in [0.25, 0.3) is 5.91 Å². The smallest absolute Gasteiger partial charge is 0.253 e. The van der Waals surface area contributed by atoms with Crippen LogP contribution in [0.25, 0.3) is 0 Å². The van der Waals surface area contributed by atoms with Crippen LogP contribution in [0.1, 0.15) is 24.2 Å². The first-order valence-electron chi connectivity index (χ1n) is 5.42. The van der Waals surface area contributed by atoms with Crippen LogP contribution in [0.15, 0.2) is 23.1 Å². The Bertz CT molecular complexity index is 553. The average Bonchev–Trinajstić information content (AvgIpc) is 2.28. The molecule has 1 aromatic rings. The van der Waals surface area contributed by atoms with Gasteiger partial charge in [0.15, 0.2) is 0 Å². The van der Waals surface area contributed by atoms with Gasteiger partial charge in [-0.1, -0.05) is 11.6 Å². The Balaban J connectivity index is 3.26. The van der Waals surface area contributed by atoms with Crippen LogP contribution in [0.5, 0.6) is 0 Å². The lowest BCUT2D eigenvalue weighted by Gasteiger charge is -2.19. The van der Waals surface area contributed by atoms with E-state index in [1.807, 2.05) is 13.8 Å². The molecular weight excluding hydrogens is 276 g/mol. The minimum absolute atomic E-state index is 0.162. The van der Waals surface area contributed by atoms with Crippen LogP contribution in [0.4, 0.5) is 0 Å². The molecule has 1 aromatic carbocycles. The van der Waals surface area contributed by atoms with Gasteiger partial charge in [0, 0.05) is 23.7 Å². The van der Waals surface area contributed by atoms with Crippen molar-refractivity contribution >= 4 is 27.5 Å². The van der Waals surface area contributed by atoms with Crippen LogP contribution in [0.3, 0.4) is 0 Å². The van der Waals surface area contributed by atoms with Crippen molar-refractivity contribution in [1.29, 1.82) is 0 Å². The van der Waals surface area contributed by atoms with Gasteiger partial charge in [0.2, 0.25) is 10.0 Å². The van der Waals surface area contributed by atoms with Gasteiger partial charge in [0.1, 0.15) is 0 Å². The molecule has 0 spiro atoms. The molecule has 5 nitrogen and oxygen atoms in total. The van der Waals surface area contributed by atoms with Crippen molar-refractivity contribution in [2.75, 3.05) is 13.1 Å². The molecule has 0 atom stereocenters. The van der Waals surface area contributed by atoms with E-state index in [4.69, 9.17) is 16.7 Å². The maximum atomic E-state index is 12.1. The molecule has 0 heterocycles. The maximum absolute atomic E-state index is 12.1. The van der Waals surface area contributed by atoms with Crippen LogP contribution in [0.2, 0.25) is 5.02 Å². The van der Waals surface area contributed by atoms with E-state index in [2.05, 4.69) is 0 Å². The number of carbonyl (C=O) groups is 1. The summed E-state index contributed by atoms with van der Waals surface area (Å²) in [5.41, 5.74) is 0.218. The Morgan fingerprint density at radius 3 is 2.28 bits per heavy atom. The SMILES string of the molecule is CCN(CC)C(=O)c1cc(Cl)cc(S(N)(=O)=O)c1. The summed E-state index contributed by atoms with van der Waals surface area (Å²) in [6.45, 7) is 4.75. The lowest BCUT2D eigenvalue weighted by Crippen LogP contribution is -2.30. The number of hydrogen-bond acceptors (Lipinski definition) is 3. The predicted octanol–water partition coefficient (Wildman–Crippen LogP) is 1.47. The Labute approximate surface area is 112 Å². The van der Waals surface area contributed by atoms with Crippen LogP contribution in [0, 0.1) is 0 Å². The van der Waals surface area contributed by atoms with Crippen LogP contribution < -0.4 is 5.14 Å². The fraction of sp³-hybridized carbons (Fsp3) is 0.364. The Hall–Kier alpha value is -1.11. The number of primary sulfonamides is 1. The highest BCUT2D eigenvalue weighted by atomic mass is 35.5. The number of nitrogens with two attached hydrogens (primary N) is 1. The van der Waals surface area contributed by atoms with Gasteiger partial charge in [-0.2, -0.15) is 0 Å². The Kier molecular flexibility index (Phi) is 4.72. The fourth-order valence-electron chi connectivity index (χ4n) is 1.54. The molecule has 100 valence electrons. The quantitative estimate of drug-likeness (QED) is 0.912. The minimum atomic E-state index is -3.88. The molecule has 0 fully saturated rings. The van der Waals surface area contributed by atoms with Crippen molar-refractivity contribution in [2.24, 2.45) is 5.14 Å². The van der Waals surface area contributed by atoms with E-state index in [1.165, 1.54) is 18.2 Å². The summed E-state index contributed by atoms with van der Waals surface area (Å²) in [6.07, 6.45) is 0. The van der Waals surface area contributed by atoms with Gasteiger partial charge in [0.05, 0.1) is 4.90 Å². The molecule has 0 radical (unpaired) electrons. The number of nitrogens with zero attached hydrogens (tertiary/aromatic N) is 1. The topological polar surface area (TPSA) is 80.5 Å². The number of rotatable bonds is 4. The highest BCUT2D eigenvalue weighted by Gasteiger charge is 2.17. The number of carbonyl (C=O) groups excluding carboxylic acids is 1. The maximum Gasteiger partial charge on any atom is 0.253 e. The van der Waals surface area contributed by atoms with Gasteiger partial charge < -0.3 is 4.90 Å². The zero-order chi connectivity index (χ0) is 13.9. The van der Waals surface area contributed by atoms with Crippen molar-refractivity contribution in [1.82, 2.24) is 4.90 Å². The molecule has 0 bridgehead atoms. The molecule has 0 aliphatic rings. The van der Waals surface area contributed by atoms with Gasteiger partial charge in [-0.25, -0.2) is 13.6 Å². The highest BCUT2D eigenvalue weighted by molar-refractivity contribution is 7.89. The van der Waals surface area contributed by atoms with E-state index in [1.54, 1.807) is 4.90 Å². The third kappa shape index (κ3) is 3.44. The molecule has 1 amide bonds. The zero-order valence-corrected chi connectivity index (χ0v) is 11.8. The molecule has 18 heavy (non-hydrogen) atoms. The van der Waals surface area contributed by atoms with Crippen molar-refractivity contribution in [3.8, 4) is 0 Å². The third-order valence-corrected chi connectivity index (χ3v) is 3.61. The second kappa shape index (κ2) is 5.69. The van der Waals surface area contributed by atoms with Crippen molar-refractivity contribution in [2.45, 2.75) is 18.7 Å². The first-order valence-corrected chi connectivity index (χ1v) is 7.34. The summed E-state index contributed by atoms with van der Waals surface area (Å²) in [5, 5.41) is 5.19. The number of hydrogen-bond donors (Lipinski definition) is 1. The van der Waals surface area contributed by atoms with Gasteiger partial charge >= 0.3 is 0 Å². The summed E-state index contributed by atoms with van der Waals surface area (Å²) in [7, 11) is -3.88. The summed E-state index contributed by atoms with van der Waals surface area (Å²) < 4.78 is 22.5. The van der Waals surface area contributed by atoms with E-state index in [9.17, 15) is 13.2 Å². The number of sulfonamides is 1. The minimum Gasteiger partial charge on any atom is -0.339 e. The summed E-state index contributed by atoms with van der Waals surface area (Å²) in [4.78, 5) is 13.5. The van der Waals surface area contributed by atoms with Crippen LogP contribution in [-0.2, 0) is 10.0 Å². The van der Waals surface area contributed by atoms with Gasteiger partial charge in [-0.3, -0.25) is 4.79 Å². The van der Waals surface area contributed by atoms with E-state index < -0.39 is 10.0 Å². The molecule has 0 aliphatic heterocycles. The fourth-order valence-corrected chi connectivity index (χ4v) is 2.43. The summed E-state index contributed by atoms with van der Waals surface area (Å²) in [6, 6.07) is 3.88. The molecule has 0 saturated carbocycles. The average molecular weight is 291 g/mol. The van der Waals surface area contributed by atoms with Crippen LogP contribution in [-0.4, -0.2) is 32.3 Å². The zero-order valence-electron chi connectivity index (χ0n) is 10.2. The molecule has 0 unspecified atom stereocenters. The summed E-state index contributed by atoms with van der Waals surface area (Å²) in [5.74, 6) is -0.271. The lowest BCUT2D eigenvalue weighted by atomic mass is 10.2. The van der Waals surface area contributed by atoms with E-state index >= 15 is 0 Å². The molecule has 2 N–H and O–H groups in total.